The van der Waals surface area contributed by atoms with Gasteiger partial charge in [0.15, 0.2) is 11.6 Å². The third-order valence-electron chi connectivity index (χ3n) is 2.71. The van der Waals surface area contributed by atoms with E-state index in [1.807, 2.05) is 13.8 Å². The normalized spacial score (nSPS) is 10.6. The number of benzene rings is 1. The van der Waals surface area contributed by atoms with Crippen LogP contribution in [0.15, 0.2) is 34.4 Å². The van der Waals surface area contributed by atoms with Gasteiger partial charge in [-0.2, -0.15) is 0 Å². The summed E-state index contributed by atoms with van der Waals surface area (Å²) in [7, 11) is 0. The monoisotopic (exact) mass is 295 g/mol. The second-order valence-corrected chi connectivity index (χ2v) is 5.13. The molecule has 0 fully saturated rings. The van der Waals surface area contributed by atoms with Crippen LogP contribution in [0.25, 0.3) is 0 Å². The minimum Gasteiger partial charge on any atom is -0.370 e. The highest BCUT2D eigenvalue weighted by molar-refractivity contribution is 7.99. The van der Waals surface area contributed by atoms with E-state index in [0.29, 0.717) is 4.90 Å². The smallest absolute Gasteiger partial charge is 0.159 e. The van der Waals surface area contributed by atoms with Gasteiger partial charge in [0.1, 0.15) is 17.2 Å². The number of aromatic nitrogens is 2. The Morgan fingerprint density at radius 1 is 1.15 bits per heavy atom. The molecule has 2 rings (SSSR count). The number of rotatable bonds is 5. The van der Waals surface area contributed by atoms with Crippen LogP contribution in [0, 0.1) is 11.6 Å². The molecule has 0 aliphatic rings. The number of anilines is 1. The lowest BCUT2D eigenvalue weighted by molar-refractivity contribution is 0.506. The van der Waals surface area contributed by atoms with E-state index in [2.05, 4.69) is 15.3 Å². The van der Waals surface area contributed by atoms with Crippen molar-refractivity contribution in [3.63, 3.8) is 0 Å². The number of nitrogens with zero attached hydrogens (tertiary/aromatic N) is 2. The van der Waals surface area contributed by atoms with Gasteiger partial charge in [0.2, 0.25) is 0 Å². The van der Waals surface area contributed by atoms with E-state index in [1.54, 1.807) is 0 Å². The Balaban J connectivity index is 2.32. The summed E-state index contributed by atoms with van der Waals surface area (Å²) in [6, 6.07) is 3.84. The van der Waals surface area contributed by atoms with Gasteiger partial charge in [-0.1, -0.05) is 18.7 Å². The van der Waals surface area contributed by atoms with Gasteiger partial charge in [0.05, 0.1) is 0 Å². The molecule has 0 atom stereocenters. The number of nitrogens with one attached hydrogen (secondary N) is 1. The van der Waals surface area contributed by atoms with E-state index in [-0.39, 0.29) is 0 Å². The van der Waals surface area contributed by atoms with Crippen molar-refractivity contribution in [1.29, 1.82) is 0 Å². The summed E-state index contributed by atoms with van der Waals surface area (Å²) in [6.45, 7) is 4.76. The van der Waals surface area contributed by atoms with Crippen molar-refractivity contribution in [3.8, 4) is 0 Å². The van der Waals surface area contributed by atoms with Crippen LogP contribution in [-0.4, -0.2) is 16.5 Å². The highest BCUT2D eigenvalue weighted by atomic mass is 32.2. The molecule has 0 spiro atoms. The van der Waals surface area contributed by atoms with E-state index in [0.717, 1.165) is 35.4 Å². The Kier molecular flexibility index (Phi) is 4.89. The molecular weight excluding hydrogens is 280 g/mol. The molecule has 0 amide bonds. The van der Waals surface area contributed by atoms with Gasteiger partial charge in [-0.05, 0) is 31.5 Å². The molecule has 1 N–H and O–H groups in total. The molecular formula is C14H15F2N3S. The molecule has 106 valence electrons. The predicted molar refractivity (Wildman–Crippen MR) is 76.1 cm³/mol. The van der Waals surface area contributed by atoms with Crippen LogP contribution >= 0.6 is 11.8 Å². The molecule has 0 aliphatic carbocycles. The first-order valence-electron chi connectivity index (χ1n) is 6.36. The first-order valence-corrected chi connectivity index (χ1v) is 7.18. The van der Waals surface area contributed by atoms with Crippen molar-refractivity contribution < 1.29 is 8.78 Å². The van der Waals surface area contributed by atoms with Crippen LogP contribution in [0.4, 0.5) is 14.6 Å². The van der Waals surface area contributed by atoms with Gasteiger partial charge in [0.25, 0.3) is 0 Å². The third-order valence-corrected chi connectivity index (χ3v) is 3.74. The molecule has 3 nitrogen and oxygen atoms in total. The van der Waals surface area contributed by atoms with E-state index in [9.17, 15) is 8.78 Å². The summed E-state index contributed by atoms with van der Waals surface area (Å²) in [5.41, 5.74) is 0.976. The molecule has 0 bridgehead atoms. The Bertz CT molecular complexity index is 605. The standard InChI is InChI=1S/C14H15F2N3S/c1-3-10-13(17-4-2)18-8-19-14(10)20-9-5-6-11(15)12(16)7-9/h5-8H,3-4H2,1-2H3,(H,17,18,19). The fourth-order valence-corrected chi connectivity index (χ4v) is 2.76. The van der Waals surface area contributed by atoms with Crippen molar-refractivity contribution >= 4 is 17.6 Å². The van der Waals surface area contributed by atoms with Gasteiger partial charge < -0.3 is 5.32 Å². The number of hydrogen-bond donors (Lipinski definition) is 1. The van der Waals surface area contributed by atoms with Gasteiger partial charge in [-0.25, -0.2) is 18.7 Å². The molecule has 1 aromatic carbocycles. The van der Waals surface area contributed by atoms with Crippen LogP contribution in [0.5, 0.6) is 0 Å². The second kappa shape index (κ2) is 6.65. The van der Waals surface area contributed by atoms with Crippen LogP contribution < -0.4 is 5.32 Å². The summed E-state index contributed by atoms with van der Waals surface area (Å²) in [5, 5.41) is 3.93. The summed E-state index contributed by atoms with van der Waals surface area (Å²) in [4.78, 5) is 9.05. The van der Waals surface area contributed by atoms with E-state index in [1.165, 1.54) is 30.2 Å². The fourth-order valence-electron chi connectivity index (χ4n) is 1.77. The minimum atomic E-state index is -0.853. The molecule has 20 heavy (non-hydrogen) atoms. The number of hydrogen-bond acceptors (Lipinski definition) is 4. The molecule has 0 saturated carbocycles. The molecule has 2 aromatic rings. The lowest BCUT2D eigenvalue weighted by Gasteiger charge is -2.11. The van der Waals surface area contributed by atoms with Gasteiger partial charge in [-0.15, -0.1) is 0 Å². The largest absolute Gasteiger partial charge is 0.370 e. The summed E-state index contributed by atoms with van der Waals surface area (Å²) < 4.78 is 26.2. The van der Waals surface area contributed by atoms with E-state index >= 15 is 0 Å². The Morgan fingerprint density at radius 3 is 2.60 bits per heavy atom. The SMILES string of the molecule is CCNc1ncnc(Sc2ccc(F)c(F)c2)c1CC. The Hall–Kier alpha value is -1.69. The van der Waals surface area contributed by atoms with E-state index in [4.69, 9.17) is 0 Å². The average molecular weight is 295 g/mol. The maximum atomic E-state index is 13.2. The first kappa shape index (κ1) is 14.7. The molecule has 0 aliphatic heterocycles. The van der Waals surface area contributed by atoms with Gasteiger partial charge in [-0.3, -0.25) is 0 Å². The quantitative estimate of drug-likeness (QED) is 0.849. The number of halogens is 2. The molecule has 6 heteroatoms. The van der Waals surface area contributed by atoms with Crippen molar-refractivity contribution in [2.75, 3.05) is 11.9 Å². The molecule has 1 heterocycles. The van der Waals surface area contributed by atoms with Crippen LogP contribution in [0.2, 0.25) is 0 Å². The van der Waals surface area contributed by atoms with Gasteiger partial charge >= 0.3 is 0 Å². The zero-order chi connectivity index (χ0) is 14.5. The zero-order valence-electron chi connectivity index (χ0n) is 11.3. The van der Waals surface area contributed by atoms with E-state index < -0.39 is 11.6 Å². The van der Waals surface area contributed by atoms with Crippen LogP contribution in [0.1, 0.15) is 19.4 Å². The average Bonchev–Trinajstić information content (AvgIpc) is 2.44. The minimum absolute atomic E-state index is 0.611. The molecule has 0 saturated heterocycles. The van der Waals surface area contributed by atoms with Crippen molar-refractivity contribution in [3.05, 3.63) is 41.7 Å². The molecule has 1 aromatic heterocycles. The van der Waals surface area contributed by atoms with Gasteiger partial charge in [0, 0.05) is 17.0 Å². The third kappa shape index (κ3) is 3.25. The van der Waals surface area contributed by atoms with Crippen LogP contribution in [-0.2, 0) is 6.42 Å². The van der Waals surface area contributed by atoms with Crippen molar-refractivity contribution in [2.24, 2.45) is 0 Å². The first-order chi connectivity index (χ1) is 9.65. The Morgan fingerprint density at radius 2 is 1.95 bits per heavy atom. The molecule has 0 unspecified atom stereocenters. The highest BCUT2D eigenvalue weighted by Crippen LogP contribution is 2.32. The predicted octanol–water partition coefficient (Wildman–Crippen LogP) is 3.90. The topological polar surface area (TPSA) is 37.8 Å². The lowest BCUT2D eigenvalue weighted by Crippen LogP contribution is -2.05. The summed E-state index contributed by atoms with van der Waals surface area (Å²) in [5.74, 6) is -0.912. The lowest BCUT2D eigenvalue weighted by atomic mass is 10.2. The maximum Gasteiger partial charge on any atom is 0.159 e. The Labute approximate surface area is 120 Å². The van der Waals surface area contributed by atoms with Crippen molar-refractivity contribution in [1.82, 2.24) is 9.97 Å². The second-order valence-electron chi connectivity index (χ2n) is 4.07. The highest BCUT2D eigenvalue weighted by Gasteiger charge is 2.12. The summed E-state index contributed by atoms with van der Waals surface area (Å²) in [6.07, 6.45) is 2.23. The van der Waals surface area contributed by atoms with Crippen molar-refractivity contribution in [2.45, 2.75) is 30.2 Å². The summed E-state index contributed by atoms with van der Waals surface area (Å²) >= 11 is 1.30. The fraction of sp³-hybridized carbons (Fsp3) is 0.286. The van der Waals surface area contributed by atoms with Crippen LogP contribution in [0.3, 0.4) is 0 Å². The maximum absolute atomic E-state index is 13.2. The molecule has 0 radical (unpaired) electrons. The zero-order valence-corrected chi connectivity index (χ0v) is 12.1.